The lowest BCUT2D eigenvalue weighted by Crippen LogP contribution is -1.92. The first-order chi connectivity index (χ1) is 11.2. The van der Waals surface area contributed by atoms with E-state index in [-0.39, 0.29) is 5.78 Å². The summed E-state index contributed by atoms with van der Waals surface area (Å²) in [4.78, 5) is 12.3. The fourth-order valence-electron chi connectivity index (χ4n) is 2.32. The Hall–Kier alpha value is -3.01. The lowest BCUT2D eigenvalue weighted by molar-refractivity contribution is 0.102. The lowest BCUT2D eigenvalue weighted by Gasteiger charge is -2.06. The van der Waals surface area contributed by atoms with Crippen molar-refractivity contribution >= 4 is 22.8 Å². The minimum absolute atomic E-state index is 0.203. The number of furan rings is 1. The summed E-state index contributed by atoms with van der Waals surface area (Å²) in [5.74, 6) is 1.47. The number of para-hydroxylation sites is 1. The molecule has 0 radical (unpaired) electrons. The number of ether oxygens (including phenoxy) is 2. The molecule has 4 nitrogen and oxygen atoms in total. The number of carbonyl (C=O) groups is 1. The third-order valence-corrected chi connectivity index (χ3v) is 3.52. The first-order valence-electron chi connectivity index (χ1n) is 7.14. The van der Waals surface area contributed by atoms with E-state index in [1.807, 2.05) is 24.3 Å². The molecule has 0 atom stereocenters. The Morgan fingerprint density at radius 3 is 2.61 bits per heavy atom. The molecule has 0 aliphatic heterocycles. The van der Waals surface area contributed by atoms with Gasteiger partial charge in [0.2, 0.25) is 5.78 Å². The van der Waals surface area contributed by atoms with Gasteiger partial charge in [-0.1, -0.05) is 18.2 Å². The predicted molar refractivity (Wildman–Crippen MR) is 89.1 cm³/mol. The van der Waals surface area contributed by atoms with Crippen LogP contribution in [0.25, 0.3) is 17.0 Å². The first-order valence-corrected chi connectivity index (χ1v) is 7.14. The number of ketones is 1. The molecule has 0 aliphatic carbocycles. The van der Waals surface area contributed by atoms with E-state index in [9.17, 15) is 4.79 Å². The van der Waals surface area contributed by atoms with E-state index in [0.29, 0.717) is 22.8 Å². The van der Waals surface area contributed by atoms with Crippen molar-refractivity contribution in [3.8, 4) is 11.5 Å². The SMILES string of the molecule is COc1ccc(OC)c(/C=C/C(=O)c2cc3ccccc3o2)c1. The van der Waals surface area contributed by atoms with E-state index < -0.39 is 0 Å². The molecular weight excluding hydrogens is 292 g/mol. The van der Waals surface area contributed by atoms with E-state index in [0.717, 1.165) is 10.9 Å². The molecule has 0 saturated heterocycles. The molecule has 0 N–H and O–H groups in total. The Bertz CT molecular complexity index is 841. The molecule has 0 bridgehead atoms. The van der Waals surface area contributed by atoms with Crippen molar-refractivity contribution in [3.63, 3.8) is 0 Å². The molecule has 0 spiro atoms. The van der Waals surface area contributed by atoms with E-state index in [1.54, 1.807) is 44.6 Å². The van der Waals surface area contributed by atoms with Gasteiger partial charge in [0.15, 0.2) is 5.76 Å². The van der Waals surface area contributed by atoms with Gasteiger partial charge in [0.05, 0.1) is 14.2 Å². The fourth-order valence-corrected chi connectivity index (χ4v) is 2.32. The predicted octanol–water partition coefficient (Wildman–Crippen LogP) is 4.35. The van der Waals surface area contributed by atoms with Crippen molar-refractivity contribution in [2.75, 3.05) is 14.2 Å². The van der Waals surface area contributed by atoms with Gasteiger partial charge in [-0.05, 0) is 42.5 Å². The molecule has 23 heavy (non-hydrogen) atoms. The number of methoxy groups -OCH3 is 2. The molecule has 1 aromatic heterocycles. The summed E-state index contributed by atoms with van der Waals surface area (Å²) in [6.07, 6.45) is 3.16. The van der Waals surface area contributed by atoms with Crippen LogP contribution in [-0.2, 0) is 0 Å². The molecule has 0 aliphatic rings. The second-order valence-corrected chi connectivity index (χ2v) is 4.95. The first kappa shape index (κ1) is 14.9. The molecule has 0 amide bonds. The number of rotatable bonds is 5. The zero-order chi connectivity index (χ0) is 16.2. The summed E-state index contributed by atoms with van der Waals surface area (Å²) in [5.41, 5.74) is 1.46. The third kappa shape index (κ3) is 3.11. The fraction of sp³-hybridized carbons (Fsp3) is 0.105. The minimum Gasteiger partial charge on any atom is -0.497 e. The second kappa shape index (κ2) is 6.40. The third-order valence-electron chi connectivity index (χ3n) is 3.52. The van der Waals surface area contributed by atoms with Crippen molar-refractivity contribution in [2.45, 2.75) is 0 Å². The highest BCUT2D eigenvalue weighted by Crippen LogP contribution is 2.25. The van der Waals surface area contributed by atoms with Crippen molar-refractivity contribution < 1.29 is 18.7 Å². The number of hydrogen-bond acceptors (Lipinski definition) is 4. The Kier molecular flexibility index (Phi) is 4.15. The second-order valence-electron chi connectivity index (χ2n) is 4.95. The Balaban J connectivity index is 1.88. The Labute approximate surface area is 133 Å². The van der Waals surface area contributed by atoms with Crippen molar-refractivity contribution in [1.29, 1.82) is 0 Å². The summed E-state index contributed by atoms with van der Waals surface area (Å²) in [5, 5.41) is 0.906. The Morgan fingerprint density at radius 1 is 1.04 bits per heavy atom. The Morgan fingerprint density at radius 2 is 1.87 bits per heavy atom. The van der Waals surface area contributed by atoms with Crippen LogP contribution in [0.4, 0.5) is 0 Å². The lowest BCUT2D eigenvalue weighted by atomic mass is 10.1. The van der Waals surface area contributed by atoms with Crippen LogP contribution >= 0.6 is 0 Å². The summed E-state index contributed by atoms with van der Waals surface area (Å²) >= 11 is 0. The number of carbonyl (C=O) groups excluding carboxylic acids is 1. The summed E-state index contributed by atoms with van der Waals surface area (Å²) in [7, 11) is 3.18. The van der Waals surface area contributed by atoms with Crippen LogP contribution < -0.4 is 9.47 Å². The van der Waals surface area contributed by atoms with Gasteiger partial charge < -0.3 is 13.9 Å². The molecule has 0 saturated carbocycles. The monoisotopic (exact) mass is 308 g/mol. The van der Waals surface area contributed by atoms with Crippen molar-refractivity contribution in [2.24, 2.45) is 0 Å². The van der Waals surface area contributed by atoms with Gasteiger partial charge in [-0.3, -0.25) is 4.79 Å². The van der Waals surface area contributed by atoms with Crippen LogP contribution in [0.3, 0.4) is 0 Å². The number of hydrogen-bond donors (Lipinski definition) is 0. The van der Waals surface area contributed by atoms with E-state index >= 15 is 0 Å². The van der Waals surface area contributed by atoms with Crippen LogP contribution in [0, 0.1) is 0 Å². The van der Waals surface area contributed by atoms with E-state index in [1.165, 1.54) is 6.08 Å². The summed E-state index contributed by atoms with van der Waals surface area (Å²) < 4.78 is 16.0. The normalized spacial score (nSPS) is 11.0. The number of allylic oxidation sites excluding steroid dienone is 1. The van der Waals surface area contributed by atoms with Gasteiger partial charge in [-0.2, -0.15) is 0 Å². The average molecular weight is 308 g/mol. The number of fused-ring (bicyclic) bond motifs is 1. The molecule has 1 heterocycles. The molecule has 4 heteroatoms. The summed E-state index contributed by atoms with van der Waals surface area (Å²) in [6, 6.07) is 14.7. The van der Waals surface area contributed by atoms with E-state index in [2.05, 4.69) is 0 Å². The maximum atomic E-state index is 12.3. The van der Waals surface area contributed by atoms with Gasteiger partial charge in [-0.15, -0.1) is 0 Å². The van der Waals surface area contributed by atoms with Crippen LogP contribution in [-0.4, -0.2) is 20.0 Å². The largest absolute Gasteiger partial charge is 0.497 e. The van der Waals surface area contributed by atoms with Gasteiger partial charge >= 0.3 is 0 Å². The zero-order valence-electron chi connectivity index (χ0n) is 12.9. The molecule has 3 aromatic rings. The average Bonchev–Trinajstić information content (AvgIpc) is 3.03. The van der Waals surface area contributed by atoms with Crippen molar-refractivity contribution in [3.05, 3.63) is 65.9 Å². The topological polar surface area (TPSA) is 48.7 Å². The minimum atomic E-state index is -0.203. The molecule has 116 valence electrons. The molecular formula is C19H16O4. The smallest absolute Gasteiger partial charge is 0.221 e. The molecule has 3 rings (SSSR count). The van der Waals surface area contributed by atoms with Crippen LogP contribution in [0.2, 0.25) is 0 Å². The molecule has 2 aromatic carbocycles. The van der Waals surface area contributed by atoms with Crippen LogP contribution in [0.5, 0.6) is 11.5 Å². The number of benzene rings is 2. The van der Waals surface area contributed by atoms with Crippen LogP contribution in [0.1, 0.15) is 16.1 Å². The van der Waals surface area contributed by atoms with Gasteiger partial charge in [0, 0.05) is 10.9 Å². The summed E-state index contributed by atoms with van der Waals surface area (Å²) in [6.45, 7) is 0. The molecule has 0 fully saturated rings. The zero-order valence-corrected chi connectivity index (χ0v) is 12.9. The highest BCUT2D eigenvalue weighted by molar-refractivity contribution is 6.07. The standard InChI is InChI=1S/C19H16O4/c1-21-15-8-10-17(22-2)14(11-15)7-9-16(20)19-12-13-5-3-4-6-18(13)23-19/h3-12H,1-2H3/b9-7+. The maximum Gasteiger partial charge on any atom is 0.221 e. The van der Waals surface area contributed by atoms with Crippen molar-refractivity contribution in [1.82, 2.24) is 0 Å². The van der Waals surface area contributed by atoms with Gasteiger partial charge in [-0.25, -0.2) is 0 Å². The molecule has 0 unspecified atom stereocenters. The van der Waals surface area contributed by atoms with Crippen LogP contribution in [0.15, 0.2) is 59.0 Å². The quantitative estimate of drug-likeness (QED) is 0.519. The highest BCUT2D eigenvalue weighted by Gasteiger charge is 2.10. The van der Waals surface area contributed by atoms with Gasteiger partial charge in [0.25, 0.3) is 0 Å². The van der Waals surface area contributed by atoms with E-state index in [4.69, 9.17) is 13.9 Å². The van der Waals surface area contributed by atoms with Gasteiger partial charge in [0.1, 0.15) is 17.1 Å². The highest BCUT2D eigenvalue weighted by atomic mass is 16.5. The maximum absolute atomic E-state index is 12.3.